The molecular weight excluding hydrogens is 229 g/mol. The molecule has 1 fully saturated rings. The maximum atomic E-state index is 9.14. The number of hydrogen-bond acceptors (Lipinski definition) is 5. The first-order chi connectivity index (χ1) is 8.65. The largest absolute Gasteiger partial charge is 0.488 e. The van der Waals surface area contributed by atoms with Crippen molar-refractivity contribution in [2.24, 2.45) is 0 Å². The molecule has 0 amide bonds. The molecule has 18 heavy (non-hydrogen) atoms. The van der Waals surface area contributed by atoms with Gasteiger partial charge in [0, 0.05) is 25.8 Å². The standard InChI is InChI=1S/C12H20BN3O2/c1-15-5-2-6-16(8-7-15)10-12-9-11(13(17)18)3-4-14-12/h3-4,9,17-18H,2,5-8,10H2,1H3. The van der Waals surface area contributed by atoms with Gasteiger partial charge in [-0.25, -0.2) is 0 Å². The van der Waals surface area contributed by atoms with Gasteiger partial charge >= 0.3 is 7.12 Å². The topological polar surface area (TPSA) is 59.8 Å². The minimum atomic E-state index is -1.41. The number of likely N-dealkylation sites (N-methyl/N-ethyl adjacent to an activating group) is 1. The van der Waals surface area contributed by atoms with E-state index in [-0.39, 0.29) is 0 Å². The minimum absolute atomic E-state index is 0.506. The van der Waals surface area contributed by atoms with Crippen molar-refractivity contribution in [2.75, 3.05) is 33.2 Å². The van der Waals surface area contributed by atoms with Crippen LogP contribution < -0.4 is 5.46 Å². The van der Waals surface area contributed by atoms with Gasteiger partial charge in [0.1, 0.15) is 0 Å². The van der Waals surface area contributed by atoms with Crippen LogP contribution in [0.4, 0.5) is 0 Å². The first-order valence-corrected chi connectivity index (χ1v) is 6.37. The summed E-state index contributed by atoms with van der Waals surface area (Å²) in [5.41, 5.74) is 1.40. The maximum absolute atomic E-state index is 9.14. The van der Waals surface area contributed by atoms with Gasteiger partial charge in [-0.15, -0.1) is 0 Å². The fourth-order valence-electron chi connectivity index (χ4n) is 2.23. The Kier molecular flexibility index (Phi) is 4.71. The van der Waals surface area contributed by atoms with Crippen LogP contribution in [0.3, 0.4) is 0 Å². The molecule has 0 saturated carbocycles. The highest BCUT2D eigenvalue weighted by Crippen LogP contribution is 2.05. The molecule has 1 saturated heterocycles. The highest BCUT2D eigenvalue weighted by Gasteiger charge is 2.15. The average Bonchev–Trinajstić information content (AvgIpc) is 2.55. The predicted octanol–water partition coefficient (Wildman–Crippen LogP) is -1.10. The third kappa shape index (κ3) is 3.78. The van der Waals surface area contributed by atoms with Crippen molar-refractivity contribution < 1.29 is 10.0 Å². The number of nitrogens with zero attached hydrogens (tertiary/aromatic N) is 3. The van der Waals surface area contributed by atoms with E-state index in [0.29, 0.717) is 5.46 Å². The molecule has 5 nitrogen and oxygen atoms in total. The van der Waals surface area contributed by atoms with Gasteiger partial charge in [0.15, 0.2) is 0 Å². The van der Waals surface area contributed by atoms with Crippen LogP contribution in [0.2, 0.25) is 0 Å². The number of rotatable bonds is 3. The summed E-state index contributed by atoms with van der Waals surface area (Å²) in [5, 5.41) is 18.3. The van der Waals surface area contributed by atoms with Crippen LogP contribution in [-0.4, -0.2) is 65.2 Å². The van der Waals surface area contributed by atoms with Gasteiger partial charge in [-0.2, -0.15) is 0 Å². The number of aromatic nitrogens is 1. The molecule has 2 rings (SSSR count). The van der Waals surface area contributed by atoms with Crippen molar-refractivity contribution in [1.29, 1.82) is 0 Å². The van der Waals surface area contributed by atoms with Crippen molar-refractivity contribution in [3.8, 4) is 0 Å². The molecule has 98 valence electrons. The van der Waals surface area contributed by atoms with Crippen molar-refractivity contribution in [3.63, 3.8) is 0 Å². The molecule has 0 atom stereocenters. The van der Waals surface area contributed by atoms with Gasteiger partial charge in [-0.05, 0) is 44.2 Å². The Labute approximate surface area is 108 Å². The van der Waals surface area contributed by atoms with Crippen LogP contribution in [0.1, 0.15) is 12.1 Å². The smallest absolute Gasteiger partial charge is 0.423 e. The van der Waals surface area contributed by atoms with Crippen molar-refractivity contribution in [1.82, 2.24) is 14.8 Å². The van der Waals surface area contributed by atoms with Crippen LogP contribution in [-0.2, 0) is 6.54 Å². The van der Waals surface area contributed by atoms with E-state index in [1.165, 1.54) is 6.42 Å². The Hall–Kier alpha value is -0.945. The molecule has 6 heteroatoms. The Bertz CT molecular complexity index is 389. The summed E-state index contributed by atoms with van der Waals surface area (Å²) in [4.78, 5) is 8.98. The second kappa shape index (κ2) is 6.29. The van der Waals surface area contributed by atoms with E-state index in [9.17, 15) is 0 Å². The van der Waals surface area contributed by atoms with Gasteiger partial charge in [0.2, 0.25) is 0 Å². The van der Waals surface area contributed by atoms with E-state index >= 15 is 0 Å². The first-order valence-electron chi connectivity index (χ1n) is 6.37. The lowest BCUT2D eigenvalue weighted by Gasteiger charge is -2.19. The second-order valence-electron chi connectivity index (χ2n) is 4.89. The molecule has 0 radical (unpaired) electrons. The zero-order valence-corrected chi connectivity index (χ0v) is 10.8. The van der Waals surface area contributed by atoms with E-state index in [2.05, 4.69) is 21.8 Å². The molecular formula is C12H20BN3O2. The molecule has 0 unspecified atom stereocenters. The third-order valence-electron chi connectivity index (χ3n) is 3.34. The van der Waals surface area contributed by atoms with Gasteiger partial charge in [0.05, 0.1) is 5.69 Å². The zero-order valence-electron chi connectivity index (χ0n) is 10.8. The second-order valence-corrected chi connectivity index (χ2v) is 4.89. The van der Waals surface area contributed by atoms with E-state index in [0.717, 1.165) is 38.4 Å². The molecule has 0 bridgehead atoms. The van der Waals surface area contributed by atoms with Crippen molar-refractivity contribution in [2.45, 2.75) is 13.0 Å². The average molecular weight is 249 g/mol. The molecule has 2 N–H and O–H groups in total. The summed E-state index contributed by atoms with van der Waals surface area (Å²) >= 11 is 0. The molecule has 1 aliphatic heterocycles. The van der Waals surface area contributed by atoms with Crippen LogP contribution in [0.15, 0.2) is 18.3 Å². The van der Waals surface area contributed by atoms with Crippen LogP contribution in [0.25, 0.3) is 0 Å². The van der Waals surface area contributed by atoms with Crippen LogP contribution >= 0.6 is 0 Å². The fourth-order valence-corrected chi connectivity index (χ4v) is 2.23. The Morgan fingerprint density at radius 3 is 2.89 bits per heavy atom. The van der Waals surface area contributed by atoms with E-state index < -0.39 is 7.12 Å². The molecule has 0 spiro atoms. The molecule has 1 aromatic heterocycles. The lowest BCUT2D eigenvalue weighted by Crippen LogP contribution is -2.32. The molecule has 0 aliphatic carbocycles. The lowest BCUT2D eigenvalue weighted by molar-refractivity contribution is 0.266. The van der Waals surface area contributed by atoms with Crippen LogP contribution in [0, 0.1) is 0 Å². The SMILES string of the molecule is CN1CCCN(Cc2cc(B(O)O)ccn2)CC1. The van der Waals surface area contributed by atoms with Gasteiger partial charge in [0.25, 0.3) is 0 Å². The van der Waals surface area contributed by atoms with E-state index in [1.807, 2.05) is 0 Å². The highest BCUT2D eigenvalue weighted by atomic mass is 16.4. The predicted molar refractivity (Wildman–Crippen MR) is 71.5 cm³/mol. The number of hydrogen-bond donors (Lipinski definition) is 2. The van der Waals surface area contributed by atoms with Crippen molar-refractivity contribution in [3.05, 3.63) is 24.0 Å². The monoisotopic (exact) mass is 249 g/mol. The van der Waals surface area contributed by atoms with E-state index in [4.69, 9.17) is 10.0 Å². The third-order valence-corrected chi connectivity index (χ3v) is 3.34. The molecule has 0 aromatic carbocycles. The molecule has 1 aromatic rings. The summed E-state index contributed by atoms with van der Waals surface area (Å²) in [6.45, 7) is 5.08. The zero-order chi connectivity index (χ0) is 13.0. The Morgan fingerprint density at radius 2 is 2.11 bits per heavy atom. The minimum Gasteiger partial charge on any atom is -0.423 e. The van der Waals surface area contributed by atoms with Crippen molar-refractivity contribution >= 4 is 12.6 Å². The Balaban J connectivity index is 1.98. The normalized spacial score (nSPS) is 18.6. The summed E-state index contributed by atoms with van der Waals surface area (Å²) in [6, 6.07) is 3.39. The highest BCUT2D eigenvalue weighted by molar-refractivity contribution is 6.58. The summed E-state index contributed by atoms with van der Waals surface area (Å²) in [5.74, 6) is 0. The van der Waals surface area contributed by atoms with Gasteiger partial charge in [-0.3, -0.25) is 9.88 Å². The number of pyridine rings is 1. The van der Waals surface area contributed by atoms with Crippen LogP contribution in [0.5, 0.6) is 0 Å². The van der Waals surface area contributed by atoms with Gasteiger partial charge in [-0.1, -0.05) is 0 Å². The molecule has 1 aliphatic rings. The fraction of sp³-hybridized carbons (Fsp3) is 0.583. The Morgan fingerprint density at radius 1 is 1.28 bits per heavy atom. The summed E-state index contributed by atoms with van der Waals surface area (Å²) in [7, 11) is 0.729. The lowest BCUT2D eigenvalue weighted by atomic mass is 9.81. The molecule has 2 heterocycles. The first kappa shape index (κ1) is 13.5. The summed E-state index contributed by atoms with van der Waals surface area (Å²) < 4.78 is 0. The quantitative estimate of drug-likeness (QED) is 0.666. The van der Waals surface area contributed by atoms with Gasteiger partial charge < -0.3 is 14.9 Å². The maximum Gasteiger partial charge on any atom is 0.488 e. The summed E-state index contributed by atoms with van der Waals surface area (Å²) in [6.07, 6.45) is 2.80. The van der Waals surface area contributed by atoms with E-state index in [1.54, 1.807) is 18.3 Å².